The van der Waals surface area contributed by atoms with E-state index in [1.54, 1.807) is 24.3 Å². The summed E-state index contributed by atoms with van der Waals surface area (Å²) < 4.78 is 0. The van der Waals surface area contributed by atoms with Crippen LogP contribution in [0.2, 0.25) is 0 Å². The molecule has 0 radical (unpaired) electrons. The van der Waals surface area contributed by atoms with E-state index >= 15 is 0 Å². The van der Waals surface area contributed by atoms with Crippen LogP contribution in [0.1, 0.15) is 18.4 Å². The predicted molar refractivity (Wildman–Crippen MR) is 77.3 cm³/mol. The van der Waals surface area contributed by atoms with Gasteiger partial charge in [0.05, 0.1) is 5.92 Å². The molecule has 0 spiro atoms. The SMILES string of the molecule is O=C(O)/C=C/c1cccc(NC(=O)C2CCCNC2)c1. The molecule has 1 aromatic carbocycles. The number of carboxylic acid groups (broad SMARTS) is 1. The monoisotopic (exact) mass is 274 g/mol. The van der Waals surface area contributed by atoms with Crippen molar-refractivity contribution in [3.63, 3.8) is 0 Å². The minimum Gasteiger partial charge on any atom is -0.478 e. The summed E-state index contributed by atoms with van der Waals surface area (Å²) in [4.78, 5) is 22.6. The standard InChI is InChI=1S/C15H18N2O3/c18-14(19)7-6-11-3-1-5-13(9-11)17-15(20)12-4-2-8-16-10-12/h1,3,5-7,9,12,16H,2,4,8,10H2,(H,17,20)(H,18,19)/b7-6+. The molecule has 106 valence electrons. The van der Waals surface area contributed by atoms with Gasteiger partial charge in [-0.2, -0.15) is 0 Å². The summed E-state index contributed by atoms with van der Waals surface area (Å²) in [6.45, 7) is 1.68. The molecule has 1 saturated heterocycles. The molecule has 0 aliphatic carbocycles. The zero-order valence-electron chi connectivity index (χ0n) is 11.1. The number of hydrogen-bond donors (Lipinski definition) is 3. The Kier molecular flexibility index (Phi) is 4.90. The van der Waals surface area contributed by atoms with Gasteiger partial charge in [0.2, 0.25) is 5.91 Å². The summed E-state index contributed by atoms with van der Waals surface area (Å²) in [6.07, 6.45) is 4.49. The van der Waals surface area contributed by atoms with Gasteiger partial charge in [0.25, 0.3) is 0 Å². The van der Waals surface area contributed by atoms with E-state index in [9.17, 15) is 9.59 Å². The molecule has 1 aliphatic rings. The average Bonchev–Trinajstić information content (AvgIpc) is 2.46. The molecule has 0 bridgehead atoms. The highest BCUT2D eigenvalue weighted by atomic mass is 16.4. The van der Waals surface area contributed by atoms with Crippen LogP contribution in [-0.4, -0.2) is 30.1 Å². The molecule has 2 rings (SSSR count). The minimum atomic E-state index is -0.993. The van der Waals surface area contributed by atoms with Crippen LogP contribution in [0, 0.1) is 5.92 Å². The van der Waals surface area contributed by atoms with E-state index in [-0.39, 0.29) is 11.8 Å². The highest BCUT2D eigenvalue weighted by Crippen LogP contribution is 2.16. The number of aliphatic carboxylic acids is 1. The second kappa shape index (κ2) is 6.86. The molecule has 1 amide bonds. The van der Waals surface area contributed by atoms with Gasteiger partial charge in [-0.05, 0) is 43.2 Å². The third-order valence-electron chi connectivity index (χ3n) is 3.24. The largest absolute Gasteiger partial charge is 0.478 e. The lowest BCUT2D eigenvalue weighted by molar-refractivity contribution is -0.131. The number of carbonyl (C=O) groups is 2. The molecule has 1 heterocycles. The van der Waals surface area contributed by atoms with Crippen molar-refractivity contribution in [3.8, 4) is 0 Å². The molecule has 1 fully saturated rings. The number of carboxylic acids is 1. The Morgan fingerprint density at radius 3 is 2.95 bits per heavy atom. The molecule has 1 unspecified atom stereocenters. The van der Waals surface area contributed by atoms with Crippen LogP contribution in [0.25, 0.3) is 6.08 Å². The van der Waals surface area contributed by atoms with E-state index in [4.69, 9.17) is 5.11 Å². The van der Waals surface area contributed by atoms with Gasteiger partial charge in [-0.3, -0.25) is 4.79 Å². The van der Waals surface area contributed by atoms with Gasteiger partial charge in [-0.15, -0.1) is 0 Å². The van der Waals surface area contributed by atoms with Crippen LogP contribution in [0.15, 0.2) is 30.3 Å². The van der Waals surface area contributed by atoms with Crippen LogP contribution in [0.5, 0.6) is 0 Å². The first-order valence-electron chi connectivity index (χ1n) is 6.68. The van der Waals surface area contributed by atoms with Crippen molar-refractivity contribution in [3.05, 3.63) is 35.9 Å². The van der Waals surface area contributed by atoms with Gasteiger partial charge in [-0.25, -0.2) is 4.79 Å². The number of piperidine rings is 1. The fourth-order valence-electron chi connectivity index (χ4n) is 2.21. The maximum atomic E-state index is 12.1. The molecule has 1 aromatic rings. The van der Waals surface area contributed by atoms with Crippen molar-refractivity contribution in [2.24, 2.45) is 5.92 Å². The van der Waals surface area contributed by atoms with Gasteiger partial charge in [0, 0.05) is 18.3 Å². The van der Waals surface area contributed by atoms with Gasteiger partial charge in [-0.1, -0.05) is 12.1 Å². The van der Waals surface area contributed by atoms with Crippen molar-refractivity contribution in [1.29, 1.82) is 0 Å². The lowest BCUT2D eigenvalue weighted by Gasteiger charge is -2.21. The van der Waals surface area contributed by atoms with Crippen molar-refractivity contribution in [1.82, 2.24) is 5.32 Å². The summed E-state index contributed by atoms with van der Waals surface area (Å²) in [5, 5.41) is 14.7. The number of amides is 1. The first-order valence-corrected chi connectivity index (χ1v) is 6.68. The summed E-state index contributed by atoms with van der Waals surface area (Å²) >= 11 is 0. The highest BCUT2D eigenvalue weighted by molar-refractivity contribution is 5.93. The number of nitrogens with one attached hydrogen (secondary N) is 2. The molecule has 20 heavy (non-hydrogen) atoms. The molecular weight excluding hydrogens is 256 g/mol. The molecule has 1 atom stereocenters. The zero-order valence-corrected chi connectivity index (χ0v) is 11.1. The van der Waals surface area contributed by atoms with Crippen LogP contribution < -0.4 is 10.6 Å². The first kappa shape index (κ1) is 14.3. The molecule has 3 N–H and O–H groups in total. The molecule has 5 nitrogen and oxygen atoms in total. The molecule has 0 aromatic heterocycles. The van der Waals surface area contributed by atoms with Gasteiger partial charge < -0.3 is 15.7 Å². The summed E-state index contributed by atoms with van der Waals surface area (Å²) in [6, 6.07) is 7.13. The first-order chi connectivity index (χ1) is 9.65. The normalized spacial score (nSPS) is 18.9. The second-order valence-corrected chi connectivity index (χ2v) is 4.83. The van der Waals surface area contributed by atoms with E-state index < -0.39 is 5.97 Å². The third-order valence-corrected chi connectivity index (χ3v) is 3.24. The van der Waals surface area contributed by atoms with E-state index in [1.807, 2.05) is 0 Å². The van der Waals surface area contributed by atoms with Crippen LogP contribution in [0.3, 0.4) is 0 Å². The maximum Gasteiger partial charge on any atom is 0.328 e. The predicted octanol–water partition coefficient (Wildman–Crippen LogP) is 1.72. The number of carbonyl (C=O) groups excluding carboxylic acids is 1. The van der Waals surface area contributed by atoms with Crippen LogP contribution in [-0.2, 0) is 9.59 Å². The lowest BCUT2D eigenvalue weighted by atomic mass is 9.99. The third kappa shape index (κ3) is 4.20. The van der Waals surface area contributed by atoms with Crippen molar-refractivity contribution >= 4 is 23.6 Å². The quantitative estimate of drug-likeness (QED) is 0.731. The van der Waals surface area contributed by atoms with Gasteiger partial charge >= 0.3 is 5.97 Å². The van der Waals surface area contributed by atoms with Crippen molar-refractivity contribution in [2.75, 3.05) is 18.4 Å². The smallest absolute Gasteiger partial charge is 0.328 e. The Hall–Kier alpha value is -2.14. The zero-order chi connectivity index (χ0) is 14.4. The summed E-state index contributed by atoms with van der Waals surface area (Å²) in [7, 11) is 0. The fraction of sp³-hybridized carbons (Fsp3) is 0.333. The summed E-state index contributed by atoms with van der Waals surface area (Å²) in [5.74, 6) is -0.980. The number of benzene rings is 1. The Morgan fingerprint density at radius 2 is 2.25 bits per heavy atom. The van der Waals surface area contributed by atoms with Gasteiger partial charge in [0.15, 0.2) is 0 Å². The highest BCUT2D eigenvalue weighted by Gasteiger charge is 2.20. The van der Waals surface area contributed by atoms with Crippen LogP contribution in [0.4, 0.5) is 5.69 Å². The van der Waals surface area contributed by atoms with Gasteiger partial charge in [0.1, 0.15) is 0 Å². The second-order valence-electron chi connectivity index (χ2n) is 4.83. The summed E-state index contributed by atoms with van der Waals surface area (Å²) in [5.41, 5.74) is 1.43. The average molecular weight is 274 g/mol. The topological polar surface area (TPSA) is 78.4 Å². The number of anilines is 1. The van der Waals surface area contributed by atoms with E-state index in [0.717, 1.165) is 31.0 Å². The number of rotatable bonds is 4. The van der Waals surface area contributed by atoms with Crippen LogP contribution >= 0.6 is 0 Å². The molecule has 0 saturated carbocycles. The lowest BCUT2D eigenvalue weighted by Crippen LogP contribution is -2.37. The Morgan fingerprint density at radius 1 is 1.40 bits per heavy atom. The minimum absolute atomic E-state index is 0.00182. The molecular formula is C15H18N2O3. The van der Waals surface area contributed by atoms with Crippen molar-refractivity contribution < 1.29 is 14.7 Å². The fourth-order valence-corrected chi connectivity index (χ4v) is 2.21. The Bertz CT molecular complexity index is 520. The van der Waals surface area contributed by atoms with E-state index in [2.05, 4.69) is 10.6 Å². The van der Waals surface area contributed by atoms with E-state index in [0.29, 0.717) is 12.2 Å². The van der Waals surface area contributed by atoms with E-state index in [1.165, 1.54) is 6.08 Å². The maximum absolute atomic E-state index is 12.1. The number of hydrogen-bond acceptors (Lipinski definition) is 3. The molecule has 5 heteroatoms. The molecule has 1 aliphatic heterocycles. The Labute approximate surface area is 117 Å². The Balaban J connectivity index is 2.00. The van der Waals surface area contributed by atoms with Crippen molar-refractivity contribution in [2.45, 2.75) is 12.8 Å².